The van der Waals surface area contributed by atoms with Gasteiger partial charge < -0.3 is 0 Å². The molecule has 0 aromatic heterocycles. The van der Waals surface area contributed by atoms with Crippen LogP contribution in [0.1, 0.15) is 10.9 Å². The van der Waals surface area contributed by atoms with Gasteiger partial charge in [0, 0.05) is 0 Å². The first-order valence-corrected chi connectivity index (χ1v) is 10.0. The van der Waals surface area contributed by atoms with E-state index in [0.29, 0.717) is 6.41 Å². The second-order valence-electron chi connectivity index (χ2n) is 2.35. The molecule has 0 heterocycles. The third-order valence-electron chi connectivity index (χ3n) is 1.53. The molecule has 0 bridgehead atoms. The fourth-order valence-electron chi connectivity index (χ4n) is 0.913. The third-order valence-corrected chi connectivity index (χ3v) is 5.38. The van der Waals surface area contributed by atoms with Crippen LogP contribution in [0.2, 0.25) is 0 Å². The fraction of sp³-hybridized carbons (Fsp3) is 0.125. The average Bonchev–Trinajstić information content (AvgIpc) is 2.16. The van der Waals surface area contributed by atoms with Crippen molar-refractivity contribution in [2.45, 2.75) is 5.37 Å². The normalized spacial score (nSPS) is 12.0. The number of halogens is 1. The second-order valence-corrected chi connectivity index (χ2v) is 6.27. The van der Waals surface area contributed by atoms with Gasteiger partial charge in [0.1, 0.15) is 0 Å². The standard InChI is InChI=1S/C8H8FNOS.Tl/c9-7-3-1-6(2-4-7)8(12)10-5-11;/h1-5,8,12H,(H,10,11);/q;+1/p-1. The molecule has 0 aliphatic carbocycles. The molecular weight excluding hydrogens is 382 g/mol. The zero-order chi connectivity index (χ0) is 9.68. The predicted molar refractivity (Wildman–Crippen MR) is 51.7 cm³/mol. The summed E-state index contributed by atoms with van der Waals surface area (Å²) in [5.41, 5.74) is 0.931. The van der Waals surface area contributed by atoms with Gasteiger partial charge in [0.2, 0.25) is 0 Å². The van der Waals surface area contributed by atoms with E-state index in [1.165, 1.54) is 12.1 Å². The maximum atomic E-state index is 12.6. The van der Waals surface area contributed by atoms with Gasteiger partial charge >= 0.3 is 94.5 Å². The van der Waals surface area contributed by atoms with Crippen molar-refractivity contribution < 1.29 is 9.18 Å². The van der Waals surface area contributed by atoms with Crippen LogP contribution in [-0.4, -0.2) is 30.7 Å². The Hall–Kier alpha value is -0.108. The molecule has 1 unspecified atom stereocenters. The van der Waals surface area contributed by atoms with E-state index in [1.54, 1.807) is 20.4 Å². The summed E-state index contributed by atoms with van der Waals surface area (Å²) in [7, 11) is 1.66. The number of carbonyl (C=O) groups excluding carboxylic acids is 1. The SMILES string of the molecule is O=CNC([S][Tl])c1ccc(F)cc1. The zero-order valence-electron chi connectivity index (χ0n) is 6.74. The van der Waals surface area contributed by atoms with E-state index in [1.807, 2.05) is 0 Å². The van der Waals surface area contributed by atoms with Gasteiger partial charge in [-0.15, -0.1) is 0 Å². The first-order chi connectivity index (χ1) is 6.27. The molecule has 0 spiro atoms. The van der Waals surface area contributed by atoms with Crippen LogP contribution < -0.4 is 5.32 Å². The average molecular weight is 389 g/mol. The molecule has 1 aromatic rings. The Morgan fingerprint density at radius 3 is 2.54 bits per heavy atom. The van der Waals surface area contributed by atoms with Gasteiger partial charge in [0.05, 0.1) is 0 Å². The summed E-state index contributed by atoms with van der Waals surface area (Å²) in [6, 6.07) is 6.17. The van der Waals surface area contributed by atoms with Crippen molar-refractivity contribution in [3.63, 3.8) is 0 Å². The first-order valence-electron chi connectivity index (χ1n) is 3.58. The van der Waals surface area contributed by atoms with Crippen molar-refractivity contribution in [3.05, 3.63) is 35.6 Å². The van der Waals surface area contributed by atoms with Gasteiger partial charge in [-0.1, -0.05) is 0 Å². The molecule has 1 rings (SSSR count). The number of hydrogen-bond acceptors (Lipinski definition) is 2. The quantitative estimate of drug-likeness (QED) is 0.480. The molecule has 0 saturated carbocycles. The van der Waals surface area contributed by atoms with Crippen LogP contribution in [0.4, 0.5) is 4.39 Å². The van der Waals surface area contributed by atoms with E-state index in [-0.39, 0.29) is 11.2 Å². The molecule has 1 amide bonds. The molecule has 0 aliphatic heterocycles. The second kappa shape index (κ2) is 5.59. The Morgan fingerprint density at radius 2 is 2.08 bits per heavy atom. The van der Waals surface area contributed by atoms with Crippen LogP contribution in [0.15, 0.2) is 24.3 Å². The molecule has 2 nitrogen and oxygen atoms in total. The van der Waals surface area contributed by atoms with Crippen LogP contribution >= 0.6 is 8.31 Å². The summed E-state index contributed by atoms with van der Waals surface area (Å²) in [6.07, 6.45) is 0.670. The zero-order valence-corrected chi connectivity index (χ0v) is 12.0. The number of nitrogens with one attached hydrogen (secondary N) is 1. The summed E-state index contributed by atoms with van der Waals surface area (Å²) in [6.45, 7) is 0. The summed E-state index contributed by atoms with van der Waals surface area (Å²) >= 11 is 0.729. The molecule has 0 saturated heterocycles. The van der Waals surface area contributed by atoms with E-state index in [9.17, 15) is 9.18 Å². The fourth-order valence-corrected chi connectivity index (χ4v) is 4.11. The Balaban J connectivity index is 2.78. The van der Waals surface area contributed by atoms with Gasteiger partial charge in [-0.2, -0.15) is 0 Å². The van der Waals surface area contributed by atoms with Crippen molar-refractivity contribution >= 4 is 39.0 Å². The van der Waals surface area contributed by atoms with Crippen molar-refractivity contribution in [2.75, 3.05) is 0 Å². The molecule has 66 valence electrons. The van der Waals surface area contributed by atoms with Crippen molar-refractivity contribution in [2.24, 2.45) is 0 Å². The number of hydrogen-bond donors (Lipinski definition) is 1. The molecule has 1 aromatic carbocycles. The van der Waals surface area contributed by atoms with Gasteiger partial charge in [-0.25, -0.2) is 0 Å². The van der Waals surface area contributed by atoms with Crippen LogP contribution in [0.3, 0.4) is 0 Å². The molecule has 0 aliphatic rings. The Kier molecular flexibility index (Phi) is 4.71. The van der Waals surface area contributed by atoms with Crippen LogP contribution in [0.25, 0.3) is 0 Å². The van der Waals surface area contributed by atoms with Gasteiger partial charge in [-0.3, -0.25) is 0 Å². The van der Waals surface area contributed by atoms with E-state index >= 15 is 0 Å². The molecule has 1 atom stereocenters. The molecule has 1 N–H and O–H groups in total. The minimum absolute atomic E-state index is 0.0249. The van der Waals surface area contributed by atoms with E-state index in [4.69, 9.17) is 0 Å². The summed E-state index contributed by atoms with van der Waals surface area (Å²) in [5.74, 6) is -0.255. The molecule has 0 fully saturated rings. The topological polar surface area (TPSA) is 29.1 Å². The minimum atomic E-state index is -0.255. The summed E-state index contributed by atoms with van der Waals surface area (Å²) in [5, 5.41) is 2.64. The molecular formula is C8H7FNOSTl. The summed E-state index contributed by atoms with van der Waals surface area (Å²) < 4.78 is 12.6. The Morgan fingerprint density at radius 1 is 1.46 bits per heavy atom. The van der Waals surface area contributed by atoms with Crippen LogP contribution in [0.5, 0.6) is 0 Å². The van der Waals surface area contributed by atoms with Crippen molar-refractivity contribution in [1.82, 2.24) is 5.32 Å². The van der Waals surface area contributed by atoms with E-state index < -0.39 is 0 Å². The monoisotopic (exact) mass is 389 g/mol. The molecule has 5 heteroatoms. The summed E-state index contributed by atoms with van der Waals surface area (Å²) in [4.78, 5) is 10.2. The number of rotatable bonds is 4. The number of benzene rings is 1. The predicted octanol–water partition coefficient (Wildman–Crippen LogP) is 1.39. The van der Waals surface area contributed by atoms with E-state index in [0.717, 1.165) is 29.8 Å². The number of carbonyl (C=O) groups is 1. The Bertz CT molecular complexity index is 280. The van der Waals surface area contributed by atoms with Gasteiger partial charge in [0.25, 0.3) is 0 Å². The maximum absolute atomic E-state index is 12.6. The Labute approximate surface area is 94.1 Å². The first kappa shape index (κ1) is 11.0. The van der Waals surface area contributed by atoms with Crippen LogP contribution in [0, 0.1) is 5.82 Å². The molecule has 13 heavy (non-hydrogen) atoms. The molecule has 0 radical (unpaired) electrons. The van der Waals surface area contributed by atoms with E-state index in [2.05, 4.69) is 5.32 Å². The van der Waals surface area contributed by atoms with Crippen LogP contribution in [-0.2, 0) is 4.79 Å². The van der Waals surface area contributed by atoms with Crippen molar-refractivity contribution in [1.29, 1.82) is 0 Å². The van der Waals surface area contributed by atoms with Gasteiger partial charge in [0.15, 0.2) is 0 Å². The van der Waals surface area contributed by atoms with Gasteiger partial charge in [-0.05, 0) is 0 Å². The van der Waals surface area contributed by atoms with Crippen molar-refractivity contribution in [3.8, 4) is 0 Å². The number of amides is 1. The third kappa shape index (κ3) is 3.26.